The standard InChI is InChI=1S/C16H17N5O/c1-11-8-14(18-12(2)17-11)10-21-16(22)19-15(20-21)9-13-6-4-3-5-7-13/h3-8H,9-10H2,1-2H3,(H,19,20,22). The normalized spacial score (nSPS) is 10.8. The van der Waals surface area contributed by atoms with Gasteiger partial charge >= 0.3 is 5.69 Å². The zero-order valence-corrected chi connectivity index (χ0v) is 12.6. The van der Waals surface area contributed by atoms with Crippen LogP contribution in [-0.2, 0) is 13.0 Å². The molecule has 1 N–H and O–H groups in total. The van der Waals surface area contributed by atoms with Crippen LogP contribution in [0, 0.1) is 13.8 Å². The van der Waals surface area contributed by atoms with Crippen LogP contribution in [0.2, 0.25) is 0 Å². The van der Waals surface area contributed by atoms with Crippen molar-refractivity contribution >= 4 is 0 Å². The van der Waals surface area contributed by atoms with Gasteiger partial charge < -0.3 is 0 Å². The minimum atomic E-state index is -0.222. The summed E-state index contributed by atoms with van der Waals surface area (Å²) in [6, 6.07) is 11.8. The average molecular weight is 295 g/mol. The van der Waals surface area contributed by atoms with Crippen molar-refractivity contribution in [3.63, 3.8) is 0 Å². The molecule has 0 bridgehead atoms. The molecule has 6 heteroatoms. The van der Waals surface area contributed by atoms with E-state index in [1.54, 1.807) is 0 Å². The third kappa shape index (κ3) is 3.28. The van der Waals surface area contributed by atoms with Gasteiger partial charge in [0.25, 0.3) is 0 Å². The number of hydrogen-bond acceptors (Lipinski definition) is 4. The number of aromatic amines is 1. The van der Waals surface area contributed by atoms with Crippen LogP contribution in [0.3, 0.4) is 0 Å². The Morgan fingerprint density at radius 1 is 1.14 bits per heavy atom. The van der Waals surface area contributed by atoms with Crippen molar-refractivity contribution in [2.75, 3.05) is 0 Å². The minimum Gasteiger partial charge on any atom is -0.292 e. The number of nitrogens with zero attached hydrogens (tertiary/aromatic N) is 4. The number of rotatable bonds is 4. The molecule has 0 atom stereocenters. The molecule has 1 aromatic carbocycles. The molecule has 0 unspecified atom stereocenters. The molecule has 3 rings (SSSR count). The van der Waals surface area contributed by atoms with E-state index in [4.69, 9.17) is 0 Å². The van der Waals surface area contributed by atoms with Gasteiger partial charge in [0.2, 0.25) is 0 Å². The van der Waals surface area contributed by atoms with Gasteiger partial charge in [-0.05, 0) is 25.5 Å². The van der Waals surface area contributed by atoms with E-state index in [1.807, 2.05) is 50.2 Å². The van der Waals surface area contributed by atoms with Gasteiger partial charge in [0.05, 0.1) is 12.2 Å². The van der Waals surface area contributed by atoms with Crippen LogP contribution < -0.4 is 5.69 Å². The Kier molecular flexibility index (Phi) is 3.82. The Morgan fingerprint density at radius 3 is 2.64 bits per heavy atom. The molecule has 0 saturated heterocycles. The SMILES string of the molecule is Cc1cc(Cn2nc(Cc3ccccc3)[nH]c2=O)nc(C)n1. The summed E-state index contributed by atoms with van der Waals surface area (Å²) in [5.74, 6) is 1.35. The summed E-state index contributed by atoms with van der Waals surface area (Å²) in [7, 11) is 0. The molecule has 0 saturated carbocycles. The van der Waals surface area contributed by atoms with Gasteiger partial charge in [-0.1, -0.05) is 30.3 Å². The first-order valence-electron chi connectivity index (χ1n) is 7.11. The van der Waals surface area contributed by atoms with Gasteiger partial charge in [0, 0.05) is 12.1 Å². The summed E-state index contributed by atoms with van der Waals surface area (Å²) in [5.41, 5.74) is 2.55. The van der Waals surface area contributed by atoms with Gasteiger partial charge in [-0.25, -0.2) is 19.4 Å². The van der Waals surface area contributed by atoms with Crippen molar-refractivity contribution in [1.29, 1.82) is 0 Å². The lowest BCUT2D eigenvalue weighted by atomic mass is 10.1. The highest BCUT2D eigenvalue weighted by Gasteiger charge is 2.08. The third-order valence-corrected chi connectivity index (χ3v) is 3.27. The number of nitrogens with one attached hydrogen (secondary N) is 1. The molecule has 112 valence electrons. The second kappa shape index (κ2) is 5.93. The lowest BCUT2D eigenvalue weighted by Crippen LogP contribution is -2.19. The maximum absolute atomic E-state index is 12.0. The van der Waals surface area contributed by atoms with Crippen LogP contribution in [0.15, 0.2) is 41.2 Å². The fourth-order valence-electron chi connectivity index (χ4n) is 2.41. The average Bonchev–Trinajstić information content (AvgIpc) is 2.78. The molecular formula is C16H17N5O. The van der Waals surface area contributed by atoms with Crippen LogP contribution >= 0.6 is 0 Å². The highest BCUT2D eigenvalue weighted by molar-refractivity contribution is 5.18. The quantitative estimate of drug-likeness (QED) is 0.793. The summed E-state index contributed by atoms with van der Waals surface area (Å²) >= 11 is 0. The first-order chi connectivity index (χ1) is 10.6. The lowest BCUT2D eigenvalue weighted by Gasteiger charge is -2.02. The van der Waals surface area contributed by atoms with Crippen LogP contribution in [-0.4, -0.2) is 24.7 Å². The van der Waals surface area contributed by atoms with Crippen LogP contribution in [0.25, 0.3) is 0 Å². The smallest absolute Gasteiger partial charge is 0.292 e. The molecular weight excluding hydrogens is 278 g/mol. The molecule has 6 nitrogen and oxygen atoms in total. The van der Waals surface area contributed by atoms with Crippen molar-refractivity contribution < 1.29 is 0 Å². The molecule has 0 radical (unpaired) electrons. The maximum Gasteiger partial charge on any atom is 0.343 e. The molecule has 0 aliphatic carbocycles. The molecule has 0 spiro atoms. The van der Waals surface area contributed by atoms with Gasteiger partial charge in [0.1, 0.15) is 11.6 Å². The van der Waals surface area contributed by atoms with E-state index in [1.165, 1.54) is 4.68 Å². The van der Waals surface area contributed by atoms with Crippen molar-refractivity contribution in [1.82, 2.24) is 24.7 Å². The van der Waals surface area contributed by atoms with Crippen molar-refractivity contribution in [3.05, 3.63) is 75.5 Å². The Bertz CT molecular complexity index is 815. The number of benzene rings is 1. The number of aromatic nitrogens is 5. The molecule has 3 aromatic rings. The van der Waals surface area contributed by atoms with E-state index in [0.717, 1.165) is 17.0 Å². The molecule has 0 aliphatic rings. The monoisotopic (exact) mass is 295 g/mol. The summed E-state index contributed by atoms with van der Waals surface area (Å²) in [5, 5.41) is 4.35. The molecule has 0 aliphatic heterocycles. The van der Waals surface area contributed by atoms with Crippen LogP contribution in [0.5, 0.6) is 0 Å². The van der Waals surface area contributed by atoms with Gasteiger partial charge in [-0.3, -0.25) is 4.98 Å². The first-order valence-corrected chi connectivity index (χ1v) is 7.11. The van der Waals surface area contributed by atoms with Gasteiger partial charge in [-0.2, -0.15) is 5.10 Å². The Morgan fingerprint density at radius 2 is 1.91 bits per heavy atom. The van der Waals surface area contributed by atoms with E-state index in [-0.39, 0.29) is 5.69 Å². The fourth-order valence-corrected chi connectivity index (χ4v) is 2.41. The van der Waals surface area contributed by atoms with E-state index >= 15 is 0 Å². The third-order valence-electron chi connectivity index (χ3n) is 3.27. The first kappa shape index (κ1) is 14.2. The minimum absolute atomic E-state index is 0.222. The summed E-state index contributed by atoms with van der Waals surface area (Å²) < 4.78 is 1.40. The Labute approximate surface area is 127 Å². The predicted molar refractivity (Wildman–Crippen MR) is 82.7 cm³/mol. The highest BCUT2D eigenvalue weighted by Crippen LogP contribution is 2.05. The molecule has 0 fully saturated rings. The van der Waals surface area contributed by atoms with Crippen LogP contribution in [0.1, 0.15) is 28.6 Å². The molecule has 2 aromatic heterocycles. The second-order valence-electron chi connectivity index (χ2n) is 5.24. The molecule has 0 amide bonds. The number of H-pyrrole nitrogens is 1. The Balaban J connectivity index is 1.82. The predicted octanol–water partition coefficient (Wildman–Crippen LogP) is 1.62. The van der Waals surface area contributed by atoms with E-state index < -0.39 is 0 Å². The van der Waals surface area contributed by atoms with E-state index in [9.17, 15) is 4.79 Å². The van der Waals surface area contributed by atoms with Crippen LogP contribution in [0.4, 0.5) is 0 Å². The van der Waals surface area contributed by atoms with Crippen molar-refractivity contribution in [2.24, 2.45) is 0 Å². The number of hydrogen-bond donors (Lipinski definition) is 1. The molecule has 2 heterocycles. The maximum atomic E-state index is 12.0. The largest absolute Gasteiger partial charge is 0.343 e. The zero-order valence-electron chi connectivity index (χ0n) is 12.6. The lowest BCUT2D eigenvalue weighted by molar-refractivity contribution is 0.636. The highest BCUT2D eigenvalue weighted by atomic mass is 16.1. The van der Waals surface area contributed by atoms with E-state index in [2.05, 4.69) is 20.1 Å². The van der Waals surface area contributed by atoms with Crippen molar-refractivity contribution in [2.45, 2.75) is 26.8 Å². The van der Waals surface area contributed by atoms with E-state index in [0.29, 0.717) is 24.6 Å². The topological polar surface area (TPSA) is 76.5 Å². The van der Waals surface area contributed by atoms with Crippen molar-refractivity contribution in [3.8, 4) is 0 Å². The molecule has 22 heavy (non-hydrogen) atoms. The summed E-state index contributed by atoms with van der Waals surface area (Å²) in [6.07, 6.45) is 0.602. The second-order valence-corrected chi connectivity index (χ2v) is 5.24. The summed E-state index contributed by atoms with van der Waals surface area (Å²) in [4.78, 5) is 23.4. The van der Waals surface area contributed by atoms with Gasteiger partial charge in [0.15, 0.2) is 0 Å². The fraction of sp³-hybridized carbons (Fsp3) is 0.250. The Hall–Kier alpha value is -2.76. The summed E-state index contributed by atoms with van der Waals surface area (Å²) in [6.45, 7) is 4.09. The zero-order chi connectivity index (χ0) is 15.5. The number of aryl methyl sites for hydroxylation is 2. The van der Waals surface area contributed by atoms with Gasteiger partial charge in [-0.15, -0.1) is 0 Å².